The fourth-order valence-electron chi connectivity index (χ4n) is 3.53. The summed E-state index contributed by atoms with van der Waals surface area (Å²) in [6.45, 7) is 5.12. The Morgan fingerprint density at radius 2 is 1.96 bits per heavy atom. The van der Waals surface area contributed by atoms with Gasteiger partial charge in [-0.2, -0.15) is 0 Å². The molecule has 0 radical (unpaired) electrons. The maximum absolute atomic E-state index is 12.7. The molecular weight excluding hydrogens is 467 g/mol. The van der Waals surface area contributed by atoms with Gasteiger partial charge < -0.3 is 15.1 Å². The summed E-state index contributed by atoms with van der Waals surface area (Å²) in [5.74, 6) is 0.647. The van der Waals surface area contributed by atoms with Crippen molar-refractivity contribution in [2.24, 2.45) is 4.99 Å². The zero-order valence-corrected chi connectivity index (χ0v) is 18.9. The third-order valence-corrected chi connectivity index (χ3v) is 7.68. The van der Waals surface area contributed by atoms with Crippen molar-refractivity contribution >= 4 is 45.7 Å². The number of guanidine groups is 1. The second-order valence-electron chi connectivity index (χ2n) is 7.08. The topological polar surface area (TPSA) is 82.1 Å². The summed E-state index contributed by atoms with van der Waals surface area (Å²) in [6, 6.07) is 0. The molecule has 150 valence electrons. The van der Waals surface area contributed by atoms with Crippen LogP contribution in [0.25, 0.3) is 0 Å². The highest BCUT2D eigenvalue weighted by atomic mass is 127. The summed E-state index contributed by atoms with van der Waals surface area (Å²) >= 11 is 0. The maximum Gasteiger partial charge on any atom is 0.243 e. The normalized spacial score (nSPS) is 21.6. The highest BCUT2D eigenvalue weighted by molar-refractivity contribution is 14.0. The van der Waals surface area contributed by atoms with Gasteiger partial charge in [0.15, 0.2) is 15.8 Å². The van der Waals surface area contributed by atoms with E-state index in [1.54, 1.807) is 20.2 Å². The van der Waals surface area contributed by atoms with E-state index >= 15 is 0 Å². The van der Waals surface area contributed by atoms with Crippen LogP contribution in [0.4, 0.5) is 0 Å². The maximum atomic E-state index is 12.7. The lowest BCUT2D eigenvalue weighted by atomic mass is 9.87. The average Bonchev–Trinajstić information content (AvgIpc) is 2.58. The van der Waals surface area contributed by atoms with Crippen molar-refractivity contribution in [3.63, 3.8) is 0 Å². The van der Waals surface area contributed by atoms with Gasteiger partial charge in [0.25, 0.3) is 0 Å². The minimum atomic E-state index is -3.10. The number of sulfone groups is 1. The molecule has 1 saturated carbocycles. The van der Waals surface area contributed by atoms with Crippen LogP contribution in [0.2, 0.25) is 0 Å². The average molecular weight is 498 g/mol. The predicted octanol–water partition coefficient (Wildman–Crippen LogP) is 1.26. The third-order valence-electron chi connectivity index (χ3n) is 5.10. The molecule has 1 N–H and O–H groups in total. The minimum absolute atomic E-state index is 0. The molecule has 2 rings (SSSR count). The highest BCUT2D eigenvalue weighted by Gasteiger charge is 2.48. The molecule has 1 aliphatic heterocycles. The summed E-state index contributed by atoms with van der Waals surface area (Å²) in [5, 5.41) is 3.18. The first-order valence-corrected chi connectivity index (χ1v) is 10.5. The van der Waals surface area contributed by atoms with Gasteiger partial charge in [0, 0.05) is 33.7 Å². The number of hydrogen-bond acceptors (Lipinski definition) is 4. The number of nitrogens with zero attached hydrogens (tertiary/aromatic N) is 3. The highest BCUT2D eigenvalue weighted by Crippen LogP contribution is 2.38. The Hall–Kier alpha value is -0.840. The van der Waals surface area contributed by atoms with Gasteiger partial charge in [0.1, 0.15) is 6.54 Å². The van der Waals surface area contributed by atoms with Crippen LogP contribution in [0.3, 0.4) is 0 Å². The number of rotatable bonds is 4. The Morgan fingerprint density at radius 3 is 2.54 bits per heavy atom. The van der Waals surface area contributed by atoms with E-state index in [0.717, 1.165) is 32.1 Å². The first kappa shape index (κ1) is 23.2. The van der Waals surface area contributed by atoms with E-state index in [9.17, 15) is 13.2 Å². The number of amides is 1. The van der Waals surface area contributed by atoms with Crippen molar-refractivity contribution in [2.75, 3.05) is 46.0 Å². The first-order valence-electron chi connectivity index (χ1n) is 8.88. The second kappa shape index (κ2) is 9.91. The van der Waals surface area contributed by atoms with Crippen LogP contribution in [-0.2, 0) is 14.6 Å². The summed E-state index contributed by atoms with van der Waals surface area (Å²) in [6.07, 6.45) is 6.18. The van der Waals surface area contributed by atoms with Crippen LogP contribution in [0.1, 0.15) is 32.1 Å². The largest absolute Gasteiger partial charge is 0.353 e. The van der Waals surface area contributed by atoms with E-state index in [1.807, 2.05) is 4.90 Å². The van der Waals surface area contributed by atoms with Crippen molar-refractivity contribution in [1.29, 1.82) is 0 Å². The lowest BCUT2D eigenvalue weighted by Gasteiger charge is -2.45. The summed E-state index contributed by atoms with van der Waals surface area (Å²) in [7, 11) is 0.290. The Balaban J connectivity index is 0.00000338. The smallest absolute Gasteiger partial charge is 0.243 e. The van der Waals surface area contributed by atoms with Gasteiger partial charge in [-0.15, -0.1) is 30.6 Å². The minimum Gasteiger partial charge on any atom is -0.353 e. The predicted molar refractivity (Wildman–Crippen MR) is 116 cm³/mol. The van der Waals surface area contributed by atoms with Gasteiger partial charge in [0.2, 0.25) is 5.91 Å². The van der Waals surface area contributed by atoms with Crippen LogP contribution in [-0.4, -0.2) is 80.9 Å². The molecule has 2 aliphatic rings. The van der Waals surface area contributed by atoms with Gasteiger partial charge in [-0.25, -0.2) is 13.4 Å². The number of hydrogen-bond donors (Lipinski definition) is 1. The molecule has 1 amide bonds. The fraction of sp³-hybridized carbons (Fsp3) is 0.765. The van der Waals surface area contributed by atoms with Gasteiger partial charge in [-0.05, 0) is 12.8 Å². The number of carbonyl (C=O) groups is 1. The molecule has 0 aromatic carbocycles. The lowest BCUT2D eigenvalue weighted by molar-refractivity contribution is -0.127. The van der Waals surface area contributed by atoms with Gasteiger partial charge in [-0.1, -0.05) is 25.3 Å². The number of nitrogens with one attached hydrogen (secondary N) is 1. The third kappa shape index (κ3) is 5.34. The molecule has 1 aliphatic carbocycles. The summed E-state index contributed by atoms with van der Waals surface area (Å²) < 4.78 is 24.8. The number of halogens is 1. The van der Waals surface area contributed by atoms with Crippen molar-refractivity contribution in [1.82, 2.24) is 15.1 Å². The first-order chi connectivity index (χ1) is 11.8. The van der Waals surface area contributed by atoms with Crippen molar-refractivity contribution < 1.29 is 13.2 Å². The van der Waals surface area contributed by atoms with Crippen LogP contribution in [0.5, 0.6) is 0 Å². The quantitative estimate of drug-likeness (QED) is 0.273. The molecule has 26 heavy (non-hydrogen) atoms. The van der Waals surface area contributed by atoms with Crippen LogP contribution in [0.15, 0.2) is 17.6 Å². The zero-order chi connectivity index (χ0) is 18.5. The van der Waals surface area contributed by atoms with Crippen molar-refractivity contribution in [3.8, 4) is 0 Å². The van der Waals surface area contributed by atoms with E-state index in [1.165, 1.54) is 4.90 Å². The van der Waals surface area contributed by atoms with Crippen molar-refractivity contribution in [3.05, 3.63) is 12.7 Å². The monoisotopic (exact) mass is 498 g/mol. The molecule has 0 atom stereocenters. The standard InChI is InChI=1S/C17H30N4O3S.HI/c1-4-10-18-16(19-13-15(22)20(2)3)21-11-12-25(23,24)17(14-21)8-6-5-7-9-17;/h4H,1,5-14H2,2-3H3,(H,18,19);1H. The number of carbonyl (C=O) groups excluding carboxylic acids is 1. The Morgan fingerprint density at radius 1 is 1.31 bits per heavy atom. The molecule has 1 heterocycles. The van der Waals surface area contributed by atoms with E-state index in [2.05, 4.69) is 16.9 Å². The summed E-state index contributed by atoms with van der Waals surface area (Å²) in [5.41, 5.74) is 0. The molecule has 1 spiro atoms. The van der Waals surface area contributed by atoms with E-state index in [-0.39, 0.29) is 42.2 Å². The molecule has 7 nitrogen and oxygen atoms in total. The molecular formula is C17H31IN4O3S. The fourth-order valence-corrected chi connectivity index (χ4v) is 5.69. The van der Waals surface area contributed by atoms with Crippen LogP contribution in [0, 0.1) is 0 Å². The van der Waals surface area contributed by atoms with Crippen molar-refractivity contribution in [2.45, 2.75) is 36.9 Å². The van der Waals surface area contributed by atoms with E-state index in [0.29, 0.717) is 25.6 Å². The van der Waals surface area contributed by atoms with Crippen LogP contribution >= 0.6 is 24.0 Å². The Kier molecular flexibility index (Phi) is 8.84. The van der Waals surface area contributed by atoms with Gasteiger partial charge in [0.05, 0.1) is 10.5 Å². The lowest BCUT2D eigenvalue weighted by Crippen LogP contribution is -2.60. The number of likely N-dealkylation sites (N-methyl/N-ethyl adjacent to an activating group) is 1. The van der Waals surface area contributed by atoms with E-state index < -0.39 is 14.6 Å². The molecule has 0 aromatic rings. The second-order valence-corrected chi connectivity index (χ2v) is 9.59. The molecule has 0 aromatic heterocycles. The molecule has 0 unspecified atom stereocenters. The van der Waals surface area contributed by atoms with Gasteiger partial charge >= 0.3 is 0 Å². The Bertz CT molecular complexity index is 628. The van der Waals surface area contributed by atoms with Crippen LogP contribution < -0.4 is 5.32 Å². The Labute approximate surface area is 174 Å². The number of aliphatic imine (C=N–C) groups is 1. The SMILES string of the molecule is C=CCNC(=NCC(=O)N(C)C)N1CCS(=O)(=O)C2(CCCCC2)C1.I. The molecule has 0 bridgehead atoms. The van der Waals surface area contributed by atoms with E-state index in [4.69, 9.17) is 0 Å². The molecule has 9 heteroatoms. The molecule has 1 saturated heterocycles. The summed E-state index contributed by atoms with van der Waals surface area (Å²) in [4.78, 5) is 19.8. The molecule has 2 fully saturated rings. The van der Waals surface area contributed by atoms with Gasteiger partial charge in [-0.3, -0.25) is 4.79 Å². The zero-order valence-electron chi connectivity index (χ0n) is 15.7.